The number of halogens is 1. The van der Waals surface area contributed by atoms with Gasteiger partial charge in [0.1, 0.15) is 11.3 Å². The number of nitrogens with zero attached hydrogens (tertiary/aromatic N) is 1. The summed E-state index contributed by atoms with van der Waals surface area (Å²) in [5.74, 6) is 1.21. The van der Waals surface area contributed by atoms with Crippen LogP contribution in [0.1, 0.15) is 0 Å². The van der Waals surface area contributed by atoms with Gasteiger partial charge in [0.05, 0.1) is 4.90 Å². The standard InChI is InChI=1S/C21H15ClN2O3S/c22-16-6-12-19(13-7-16)28(25,26)24-17-8-10-18(11-9-17)27-20-5-1-3-15-4-2-14-23-21(15)20/h1-14,24H. The number of nitrogens with one attached hydrogen (secondary N) is 1. The van der Waals surface area contributed by atoms with E-state index in [1.807, 2.05) is 30.3 Å². The minimum Gasteiger partial charge on any atom is -0.455 e. The molecule has 1 heterocycles. The molecule has 4 aromatic rings. The average molecular weight is 411 g/mol. The number of anilines is 1. The molecule has 140 valence electrons. The first-order valence-corrected chi connectivity index (χ1v) is 10.3. The van der Waals surface area contributed by atoms with Crippen LogP contribution in [0.5, 0.6) is 11.5 Å². The summed E-state index contributed by atoms with van der Waals surface area (Å²) in [5, 5.41) is 1.45. The van der Waals surface area contributed by atoms with Gasteiger partial charge in [-0.25, -0.2) is 8.42 Å². The van der Waals surface area contributed by atoms with Crippen molar-refractivity contribution in [3.05, 3.63) is 90.1 Å². The van der Waals surface area contributed by atoms with Crippen molar-refractivity contribution in [2.75, 3.05) is 4.72 Å². The maximum atomic E-state index is 12.4. The predicted molar refractivity (Wildman–Crippen MR) is 111 cm³/mol. The van der Waals surface area contributed by atoms with Crippen LogP contribution < -0.4 is 9.46 Å². The first-order chi connectivity index (χ1) is 13.5. The Hall–Kier alpha value is -3.09. The summed E-state index contributed by atoms with van der Waals surface area (Å²) in [7, 11) is -3.69. The number of ether oxygens (including phenoxy) is 1. The average Bonchev–Trinajstić information content (AvgIpc) is 2.70. The number of sulfonamides is 1. The van der Waals surface area contributed by atoms with Gasteiger partial charge in [0.15, 0.2) is 5.75 Å². The van der Waals surface area contributed by atoms with Crippen molar-refractivity contribution in [1.82, 2.24) is 4.98 Å². The van der Waals surface area contributed by atoms with E-state index in [9.17, 15) is 8.42 Å². The lowest BCUT2D eigenvalue weighted by Crippen LogP contribution is -2.12. The molecule has 0 aliphatic rings. The van der Waals surface area contributed by atoms with E-state index in [1.54, 1.807) is 30.5 Å². The van der Waals surface area contributed by atoms with Crippen molar-refractivity contribution >= 4 is 38.2 Å². The monoisotopic (exact) mass is 410 g/mol. The van der Waals surface area contributed by atoms with Gasteiger partial charge in [0.2, 0.25) is 0 Å². The molecule has 0 saturated carbocycles. The summed E-state index contributed by atoms with van der Waals surface area (Å²) in [6, 6.07) is 22.2. The first-order valence-electron chi connectivity index (χ1n) is 8.41. The molecule has 0 spiro atoms. The van der Waals surface area contributed by atoms with Crippen LogP contribution in [0.15, 0.2) is 90.0 Å². The maximum absolute atomic E-state index is 12.4. The maximum Gasteiger partial charge on any atom is 0.261 e. The molecule has 0 bridgehead atoms. The molecule has 1 aromatic heterocycles. The van der Waals surface area contributed by atoms with Gasteiger partial charge >= 0.3 is 0 Å². The predicted octanol–water partition coefficient (Wildman–Crippen LogP) is 5.48. The lowest BCUT2D eigenvalue weighted by Gasteiger charge is -2.11. The molecule has 0 atom stereocenters. The highest BCUT2D eigenvalue weighted by atomic mass is 35.5. The molecule has 0 unspecified atom stereocenters. The van der Waals surface area contributed by atoms with Crippen molar-refractivity contribution in [1.29, 1.82) is 0 Å². The SMILES string of the molecule is O=S(=O)(Nc1ccc(Oc2cccc3cccnc23)cc1)c1ccc(Cl)cc1. The summed E-state index contributed by atoms with van der Waals surface area (Å²) in [6.45, 7) is 0. The third-order valence-corrected chi connectivity index (χ3v) is 5.70. The second kappa shape index (κ2) is 7.50. The third kappa shape index (κ3) is 3.93. The molecule has 1 N–H and O–H groups in total. The molecule has 4 rings (SSSR count). The Balaban J connectivity index is 1.53. The van der Waals surface area contributed by atoms with E-state index in [4.69, 9.17) is 16.3 Å². The summed E-state index contributed by atoms with van der Waals surface area (Å²) in [5.41, 5.74) is 1.19. The Morgan fingerprint density at radius 1 is 0.857 bits per heavy atom. The molecule has 0 aliphatic carbocycles. The second-order valence-electron chi connectivity index (χ2n) is 6.02. The number of fused-ring (bicyclic) bond motifs is 1. The van der Waals surface area contributed by atoms with Crippen molar-refractivity contribution in [3.8, 4) is 11.5 Å². The van der Waals surface area contributed by atoms with E-state index < -0.39 is 10.0 Å². The summed E-state index contributed by atoms with van der Waals surface area (Å²) in [4.78, 5) is 4.50. The summed E-state index contributed by atoms with van der Waals surface area (Å²) in [6.07, 6.45) is 1.71. The van der Waals surface area contributed by atoms with Crippen LogP contribution in [0.25, 0.3) is 10.9 Å². The van der Waals surface area contributed by atoms with Crippen LogP contribution in [0.3, 0.4) is 0 Å². The zero-order chi connectivity index (χ0) is 19.6. The minimum atomic E-state index is -3.69. The highest BCUT2D eigenvalue weighted by molar-refractivity contribution is 7.92. The molecule has 7 heteroatoms. The van der Waals surface area contributed by atoms with Crippen LogP contribution in [0.4, 0.5) is 5.69 Å². The van der Waals surface area contributed by atoms with Crippen LogP contribution in [-0.2, 0) is 10.0 Å². The molecule has 0 saturated heterocycles. The van der Waals surface area contributed by atoms with Gasteiger partial charge in [-0.2, -0.15) is 0 Å². The van der Waals surface area contributed by atoms with E-state index in [0.717, 1.165) is 10.9 Å². The Morgan fingerprint density at radius 3 is 2.32 bits per heavy atom. The normalized spacial score (nSPS) is 11.3. The van der Waals surface area contributed by atoms with Gasteiger partial charge in [0, 0.05) is 22.3 Å². The molecular formula is C21H15ClN2O3S. The van der Waals surface area contributed by atoms with E-state index in [0.29, 0.717) is 22.2 Å². The zero-order valence-corrected chi connectivity index (χ0v) is 16.1. The van der Waals surface area contributed by atoms with E-state index in [-0.39, 0.29) is 4.90 Å². The lowest BCUT2D eigenvalue weighted by atomic mass is 10.2. The molecule has 3 aromatic carbocycles. The van der Waals surface area contributed by atoms with Crippen LogP contribution in [0.2, 0.25) is 5.02 Å². The fourth-order valence-electron chi connectivity index (χ4n) is 2.70. The molecule has 5 nitrogen and oxygen atoms in total. The van der Waals surface area contributed by atoms with Crippen molar-refractivity contribution in [3.63, 3.8) is 0 Å². The Morgan fingerprint density at radius 2 is 1.57 bits per heavy atom. The number of rotatable bonds is 5. The quantitative estimate of drug-likeness (QED) is 0.473. The highest BCUT2D eigenvalue weighted by Gasteiger charge is 2.14. The van der Waals surface area contributed by atoms with Crippen LogP contribution in [-0.4, -0.2) is 13.4 Å². The molecule has 0 fully saturated rings. The number of hydrogen-bond acceptors (Lipinski definition) is 4. The first kappa shape index (κ1) is 18.3. The lowest BCUT2D eigenvalue weighted by molar-refractivity contribution is 0.487. The van der Waals surface area contributed by atoms with Crippen LogP contribution in [0, 0.1) is 0 Å². The molecule has 0 radical (unpaired) electrons. The Labute approximate surface area is 167 Å². The molecule has 28 heavy (non-hydrogen) atoms. The number of hydrogen-bond donors (Lipinski definition) is 1. The van der Waals surface area contributed by atoms with E-state index >= 15 is 0 Å². The van der Waals surface area contributed by atoms with Gasteiger partial charge in [0.25, 0.3) is 10.0 Å². The minimum absolute atomic E-state index is 0.138. The van der Waals surface area contributed by atoms with Crippen molar-refractivity contribution in [2.45, 2.75) is 4.90 Å². The summed E-state index contributed by atoms with van der Waals surface area (Å²) >= 11 is 5.81. The van der Waals surface area contributed by atoms with E-state index in [2.05, 4.69) is 9.71 Å². The van der Waals surface area contributed by atoms with Crippen molar-refractivity contribution < 1.29 is 13.2 Å². The van der Waals surface area contributed by atoms with Gasteiger partial charge in [-0.05, 0) is 60.7 Å². The number of aromatic nitrogens is 1. The fraction of sp³-hybridized carbons (Fsp3) is 0. The highest BCUT2D eigenvalue weighted by Crippen LogP contribution is 2.29. The van der Waals surface area contributed by atoms with Gasteiger partial charge in [-0.1, -0.05) is 29.8 Å². The number of pyridine rings is 1. The van der Waals surface area contributed by atoms with E-state index in [1.165, 1.54) is 24.3 Å². The number of benzene rings is 3. The Bertz CT molecular complexity index is 1220. The fourth-order valence-corrected chi connectivity index (χ4v) is 3.89. The molecular weight excluding hydrogens is 396 g/mol. The second-order valence-corrected chi connectivity index (χ2v) is 8.14. The Kier molecular flexibility index (Phi) is 4.90. The third-order valence-electron chi connectivity index (χ3n) is 4.05. The van der Waals surface area contributed by atoms with Crippen LogP contribution >= 0.6 is 11.6 Å². The molecule has 0 amide bonds. The smallest absolute Gasteiger partial charge is 0.261 e. The van der Waals surface area contributed by atoms with Gasteiger partial charge in [-0.3, -0.25) is 9.71 Å². The molecule has 0 aliphatic heterocycles. The zero-order valence-electron chi connectivity index (χ0n) is 14.5. The summed E-state index contributed by atoms with van der Waals surface area (Å²) < 4.78 is 33.3. The van der Waals surface area contributed by atoms with Gasteiger partial charge in [-0.15, -0.1) is 0 Å². The largest absolute Gasteiger partial charge is 0.455 e. The van der Waals surface area contributed by atoms with Crippen molar-refractivity contribution in [2.24, 2.45) is 0 Å². The topological polar surface area (TPSA) is 68.3 Å². The number of para-hydroxylation sites is 1. The van der Waals surface area contributed by atoms with Gasteiger partial charge < -0.3 is 4.74 Å².